The first-order chi connectivity index (χ1) is 13.6. The van der Waals surface area contributed by atoms with E-state index in [-0.39, 0.29) is 26.2 Å². The minimum Gasteiger partial charge on any atom is -0.477 e. The molecule has 6 nitrogen and oxygen atoms in total. The maximum absolute atomic E-state index is 15.3. The number of nitrogens with zero attached hydrogens (tertiary/aromatic N) is 3. The number of pyridine rings is 1. The first kappa shape index (κ1) is 14.6. The average molecular weight is 372 g/mol. The topological polar surface area (TPSA) is 65.8 Å². The van der Waals surface area contributed by atoms with E-state index < -0.39 is 65.4 Å². The van der Waals surface area contributed by atoms with E-state index in [0.717, 1.165) is 16.8 Å². The number of hydrogen-bond acceptors (Lipinski definition) is 4. The fraction of sp³-hybridized carbons (Fsp3) is 0.412. The second kappa shape index (κ2) is 6.99. The highest BCUT2D eigenvalue weighted by atomic mass is 19.1. The van der Waals surface area contributed by atoms with Gasteiger partial charge in [-0.05, 0) is 13.0 Å². The molecule has 0 spiro atoms. The van der Waals surface area contributed by atoms with Gasteiger partial charge in [0.1, 0.15) is 23.7 Å². The molecule has 1 fully saturated rings. The lowest BCUT2D eigenvalue weighted by atomic mass is 10.1. The maximum Gasteiger partial charge on any atom is 0.341 e. The number of piperazine rings is 1. The number of halogens is 3. The summed E-state index contributed by atoms with van der Waals surface area (Å²) in [5, 5.41) is 8.65. The van der Waals surface area contributed by atoms with Crippen molar-refractivity contribution in [2.45, 2.75) is 6.54 Å². The minimum atomic E-state index is -2.32. The number of aryl methyl sites for hydroxylation is 1. The molecule has 0 radical (unpaired) electrons. The van der Waals surface area contributed by atoms with Crippen LogP contribution in [0.2, 0.25) is 0 Å². The number of alkyl halides is 1. The molecule has 3 rings (SSSR count). The van der Waals surface area contributed by atoms with Crippen molar-refractivity contribution in [3.63, 3.8) is 0 Å². The Balaban J connectivity index is 2.14. The van der Waals surface area contributed by atoms with Crippen molar-refractivity contribution < 1.29 is 27.2 Å². The molecule has 0 amide bonds. The molecule has 9 heteroatoms. The van der Waals surface area contributed by atoms with Crippen molar-refractivity contribution in [1.82, 2.24) is 9.47 Å². The van der Waals surface area contributed by atoms with Crippen molar-refractivity contribution in [3.05, 3.63) is 39.7 Å². The average Bonchev–Trinajstić information content (AvgIpc) is 2.63. The van der Waals surface area contributed by atoms with Crippen LogP contribution in [0.25, 0.3) is 10.9 Å². The summed E-state index contributed by atoms with van der Waals surface area (Å²) in [6.45, 7) is -3.56. The molecule has 1 aromatic heterocycles. The number of fused-ring (bicyclic) bond motifs is 1. The molecule has 1 N–H and O–H groups in total. The molecule has 26 heavy (non-hydrogen) atoms. The predicted molar refractivity (Wildman–Crippen MR) is 90.8 cm³/mol. The normalized spacial score (nSPS) is 17.8. The first-order valence-electron chi connectivity index (χ1n) is 9.40. The zero-order valence-corrected chi connectivity index (χ0v) is 13.6. The molecule has 1 saturated heterocycles. The lowest BCUT2D eigenvalue weighted by Gasteiger charge is -2.34. The van der Waals surface area contributed by atoms with E-state index in [9.17, 15) is 18.4 Å². The van der Waals surface area contributed by atoms with Gasteiger partial charge in [-0.2, -0.15) is 0 Å². The van der Waals surface area contributed by atoms with E-state index in [1.54, 1.807) is 0 Å². The van der Waals surface area contributed by atoms with Crippen molar-refractivity contribution >= 4 is 22.6 Å². The van der Waals surface area contributed by atoms with Gasteiger partial charge in [-0.15, -0.1) is 0 Å². The summed E-state index contributed by atoms with van der Waals surface area (Å²) in [7, 11) is 0. The number of benzene rings is 1. The van der Waals surface area contributed by atoms with Crippen LogP contribution in [0, 0.1) is 11.6 Å². The molecular weight excluding hydrogens is 351 g/mol. The summed E-state index contributed by atoms with van der Waals surface area (Å²) in [5.41, 5.74) is -2.65. The molecule has 0 unspecified atom stereocenters. The summed E-state index contributed by atoms with van der Waals surface area (Å²) < 4.78 is 66.2. The van der Waals surface area contributed by atoms with Gasteiger partial charge in [0.25, 0.3) is 0 Å². The van der Waals surface area contributed by atoms with Crippen LogP contribution in [0.5, 0.6) is 0 Å². The Morgan fingerprint density at radius 3 is 2.58 bits per heavy atom. The van der Waals surface area contributed by atoms with Gasteiger partial charge < -0.3 is 19.5 Å². The van der Waals surface area contributed by atoms with Crippen LogP contribution in [-0.4, -0.2) is 60.4 Å². The van der Waals surface area contributed by atoms with E-state index in [0.29, 0.717) is 0 Å². The van der Waals surface area contributed by atoms with Gasteiger partial charge in [-0.3, -0.25) is 4.79 Å². The standard InChI is InChI=1S/C17H18F3N3O3/c1-21-4-6-22(7-5-21)15-12(19)8-10-14(13(15)20)23(3-2-18)9-11(16(10)24)17(25)26/h8-9H,2-7H2,1H3,(H,25,26)/i1D3. The molecule has 2 heterocycles. The number of carboxylic acid groups (broad SMARTS) is 1. The number of anilines is 1. The first-order valence-corrected chi connectivity index (χ1v) is 7.90. The number of carboxylic acids is 1. The Bertz CT molecular complexity index is 1020. The maximum atomic E-state index is 15.3. The van der Waals surface area contributed by atoms with E-state index in [2.05, 4.69) is 0 Å². The third kappa shape index (κ3) is 3.03. The molecule has 1 aliphatic heterocycles. The van der Waals surface area contributed by atoms with Gasteiger partial charge in [0.05, 0.1) is 17.4 Å². The van der Waals surface area contributed by atoms with Crippen molar-refractivity contribution in [2.75, 3.05) is 44.7 Å². The molecule has 0 saturated carbocycles. The molecule has 2 aromatic rings. The van der Waals surface area contributed by atoms with E-state index in [4.69, 9.17) is 9.22 Å². The highest BCUT2D eigenvalue weighted by molar-refractivity contribution is 5.93. The van der Waals surface area contributed by atoms with Crippen LogP contribution < -0.4 is 10.3 Å². The monoisotopic (exact) mass is 372 g/mol. The van der Waals surface area contributed by atoms with Gasteiger partial charge in [-0.25, -0.2) is 18.0 Å². The number of aromatic carboxylic acids is 1. The van der Waals surface area contributed by atoms with Gasteiger partial charge >= 0.3 is 5.97 Å². The SMILES string of the molecule is [2H]C([2H])([2H])N1CCN(c2c(F)cc3c(=O)c(C(=O)O)cn(CCF)c3c2F)CC1. The van der Waals surface area contributed by atoms with Crippen molar-refractivity contribution in [2.24, 2.45) is 0 Å². The van der Waals surface area contributed by atoms with Crippen LogP contribution in [0.1, 0.15) is 14.5 Å². The van der Waals surface area contributed by atoms with E-state index in [1.807, 2.05) is 0 Å². The highest BCUT2D eigenvalue weighted by Crippen LogP contribution is 2.30. The van der Waals surface area contributed by atoms with Gasteiger partial charge in [-0.1, -0.05) is 0 Å². The van der Waals surface area contributed by atoms with Crippen molar-refractivity contribution in [3.8, 4) is 0 Å². The Labute approximate surface area is 151 Å². The minimum absolute atomic E-state index is 0.0261. The smallest absolute Gasteiger partial charge is 0.341 e. The summed E-state index contributed by atoms with van der Waals surface area (Å²) in [4.78, 5) is 26.2. The number of rotatable bonds is 4. The Morgan fingerprint density at radius 2 is 2.00 bits per heavy atom. The summed E-state index contributed by atoms with van der Waals surface area (Å²) in [6.07, 6.45) is 0.837. The van der Waals surface area contributed by atoms with Crippen molar-refractivity contribution in [1.29, 1.82) is 0 Å². The van der Waals surface area contributed by atoms with Gasteiger partial charge in [0, 0.05) is 36.5 Å². The van der Waals surface area contributed by atoms with Crippen LogP contribution in [-0.2, 0) is 6.54 Å². The summed E-state index contributed by atoms with van der Waals surface area (Å²) >= 11 is 0. The lowest BCUT2D eigenvalue weighted by molar-refractivity contribution is 0.0694. The second-order valence-corrected chi connectivity index (χ2v) is 5.95. The van der Waals surface area contributed by atoms with E-state index in [1.165, 1.54) is 9.80 Å². The van der Waals surface area contributed by atoms with Gasteiger partial charge in [0.2, 0.25) is 5.43 Å². The molecule has 0 bridgehead atoms. The number of carbonyl (C=O) groups is 1. The zero-order chi connectivity index (χ0) is 21.5. The van der Waals surface area contributed by atoms with Gasteiger partial charge in [0.15, 0.2) is 5.82 Å². The Morgan fingerprint density at radius 1 is 1.31 bits per heavy atom. The molecule has 0 aliphatic carbocycles. The lowest BCUT2D eigenvalue weighted by Crippen LogP contribution is -2.45. The fourth-order valence-electron chi connectivity index (χ4n) is 3.12. The quantitative estimate of drug-likeness (QED) is 0.885. The van der Waals surface area contributed by atoms with E-state index >= 15 is 4.39 Å². The largest absolute Gasteiger partial charge is 0.477 e. The number of likely N-dealkylation sites (N-methyl/N-ethyl adjacent to an activating group) is 1. The number of hydrogen-bond donors (Lipinski definition) is 1. The molecular formula is C17H18F3N3O3. The molecule has 140 valence electrons. The molecule has 0 atom stereocenters. The molecule has 1 aliphatic rings. The third-order valence-electron chi connectivity index (χ3n) is 4.38. The Hall–Kier alpha value is -2.55. The van der Waals surface area contributed by atoms with Crippen LogP contribution in [0.4, 0.5) is 18.9 Å². The number of aromatic nitrogens is 1. The Kier molecular flexibility index (Phi) is 3.92. The van der Waals surface area contributed by atoms with Crippen LogP contribution in [0.3, 0.4) is 0 Å². The summed E-state index contributed by atoms with van der Waals surface area (Å²) in [6, 6.07) is 0.743. The molecule has 1 aromatic carbocycles. The summed E-state index contributed by atoms with van der Waals surface area (Å²) in [5.74, 6) is -3.79. The third-order valence-corrected chi connectivity index (χ3v) is 4.38. The second-order valence-electron chi connectivity index (χ2n) is 5.95. The highest BCUT2D eigenvalue weighted by Gasteiger charge is 2.26. The van der Waals surface area contributed by atoms with Crippen LogP contribution >= 0.6 is 0 Å². The predicted octanol–water partition coefficient (Wildman–Crippen LogP) is 1.70. The van der Waals surface area contributed by atoms with Crippen LogP contribution in [0.15, 0.2) is 17.1 Å². The fourth-order valence-corrected chi connectivity index (χ4v) is 3.12. The zero-order valence-electron chi connectivity index (χ0n) is 16.6.